The third-order valence-corrected chi connectivity index (χ3v) is 3.51. The normalized spacial score (nSPS) is 11.6. The van der Waals surface area contributed by atoms with E-state index < -0.39 is 5.60 Å². The van der Waals surface area contributed by atoms with E-state index in [1.165, 1.54) is 0 Å². The van der Waals surface area contributed by atoms with Gasteiger partial charge in [0.15, 0.2) is 0 Å². The predicted molar refractivity (Wildman–Crippen MR) is 84.2 cm³/mol. The van der Waals surface area contributed by atoms with E-state index in [2.05, 4.69) is 5.10 Å². The van der Waals surface area contributed by atoms with Crippen molar-refractivity contribution in [2.24, 2.45) is 0 Å². The molecule has 0 aliphatic rings. The minimum absolute atomic E-state index is 0.891. The Balaban J connectivity index is 2.18. The number of hydrogen-bond acceptors (Lipinski definition) is 2. The topological polar surface area (TPSA) is 38.1 Å². The van der Waals surface area contributed by atoms with Crippen molar-refractivity contribution in [1.29, 1.82) is 0 Å². The van der Waals surface area contributed by atoms with E-state index in [-0.39, 0.29) is 0 Å². The zero-order valence-electron chi connectivity index (χ0n) is 12.2. The van der Waals surface area contributed by atoms with Crippen LogP contribution in [-0.4, -0.2) is 14.9 Å². The zero-order chi connectivity index (χ0) is 14.9. The Hall–Kier alpha value is -2.39. The Kier molecular flexibility index (Phi) is 3.35. The van der Waals surface area contributed by atoms with E-state index in [1.54, 1.807) is 20.0 Å². The number of benzene rings is 2. The van der Waals surface area contributed by atoms with E-state index in [9.17, 15) is 5.11 Å². The molecule has 0 aliphatic heterocycles. The van der Waals surface area contributed by atoms with Gasteiger partial charge in [0.05, 0.1) is 23.2 Å². The SMILES string of the molecule is CC(C)(O)c1ccccc1-c1ccnn1-c1ccccc1. The van der Waals surface area contributed by atoms with Crippen LogP contribution in [0.2, 0.25) is 0 Å². The van der Waals surface area contributed by atoms with Crippen LogP contribution in [0.1, 0.15) is 19.4 Å². The maximum absolute atomic E-state index is 10.4. The number of para-hydroxylation sites is 1. The first-order valence-corrected chi connectivity index (χ1v) is 6.99. The maximum Gasteiger partial charge on any atom is 0.0847 e. The monoisotopic (exact) mass is 278 g/mol. The quantitative estimate of drug-likeness (QED) is 0.792. The summed E-state index contributed by atoms with van der Waals surface area (Å²) in [7, 11) is 0. The van der Waals surface area contributed by atoms with Crippen LogP contribution in [0.5, 0.6) is 0 Å². The first kappa shape index (κ1) is 13.6. The molecule has 0 saturated carbocycles. The van der Waals surface area contributed by atoms with Gasteiger partial charge in [0.1, 0.15) is 0 Å². The molecule has 0 unspecified atom stereocenters. The Morgan fingerprint density at radius 1 is 0.905 bits per heavy atom. The van der Waals surface area contributed by atoms with Crippen molar-refractivity contribution in [2.45, 2.75) is 19.4 Å². The van der Waals surface area contributed by atoms with Crippen LogP contribution < -0.4 is 0 Å². The summed E-state index contributed by atoms with van der Waals surface area (Å²) < 4.78 is 1.89. The number of aromatic nitrogens is 2. The van der Waals surface area contributed by atoms with Crippen molar-refractivity contribution >= 4 is 0 Å². The molecule has 0 atom stereocenters. The average molecular weight is 278 g/mol. The minimum atomic E-state index is -0.900. The lowest BCUT2D eigenvalue weighted by Gasteiger charge is -2.22. The highest BCUT2D eigenvalue weighted by Gasteiger charge is 2.22. The van der Waals surface area contributed by atoms with Crippen LogP contribution in [0.4, 0.5) is 0 Å². The Bertz CT molecular complexity index is 739. The van der Waals surface area contributed by atoms with Crippen LogP contribution in [0.25, 0.3) is 16.9 Å². The van der Waals surface area contributed by atoms with Gasteiger partial charge in [-0.2, -0.15) is 5.10 Å². The predicted octanol–water partition coefficient (Wildman–Crippen LogP) is 3.77. The van der Waals surface area contributed by atoms with Gasteiger partial charge < -0.3 is 5.11 Å². The fourth-order valence-electron chi connectivity index (χ4n) is 2.52. The van der Waals surface area contributed by atoms with Crippen molar-refractivity contribution in [3.05, 3.63) is 72.4 Å². The Morgan fingerprint density at radius 2 is 1.57 bits per heavy atom. The summed E-state index contributed by atoms with van der Waals surface area (Å²) in [5, 5.41) is 14.8. The molecule has 1 aromatic heterocycles. The lowest BCUT2D eigenvalue weighted by atomic mass is 9.91. The summed E-state index contributed by atoms with van der Waals surface area (Å²) in [5.41, 5.74) is 2.96. The third-order valence-electron chi connectivity index (χ3n) is 3.51. The van der Waals surface area contributed by atoms with Crippen LogP contribution in [-0.2, 0) is 5.60 Å². The first-order chi connectivity index (χ1) is 10.1. The summed E-state index contributed by atoms with van der Waals surface area (Å²) in [6, 6.07) is 19.9. The standard InChI is InChI=1S/C18H18N2O/c1-18(2,21)16-11-7-6-10-15(16)17-12-13-19-20(17)14-8-4-3-5-9-14/h3-13,21H,1-2H3. The van der Waals surface area contributed by atoms with E-state index in [0.29, 0.717) is 0 Å². The fraction of sp³-hybridized carbons (Fsp3) is 0.167. The second kappa shape index (κ2) is 5.19. The molecule has 0 radical (unpaired) electrons. The second-order valence-corrected chi connectivity index (χ2v) is 5.57. The van der Waals surface area contributed by atoms with Crippen molar-refractivity contribution in [3.8, 4) is 16.9 Å². The Labute approximate surface area is 124 Å². The van der Waals surface area contributed by atoms with Crippen molar-refractivity contribution in [2.75, 3.05) is 0 Å². The van der Waals surface area contributed by atoms with Crippen molar-refractivity contribution in [3.63, 3.8) is 0 Å². The Morgan fingerprint density at radius 3 is 2.29 bits per heavy atom. The molecule has 3 rings (SSSR count). The van der Waals surface area contributed by atoms with Gasteiger partial charge >= 0.3 is 0 Å². The van der Waals surface area contributed by atoms with Gasteiger partial charge in [0.2, 0.25) is 0 Å². The molecule has 3 aromatic rings. The highest BCUT2D eigenvalue weighted by Crippen LogP contribution is 2.32. The molecule has 0 bridgehead atoms. The minimum Gasteiger partial charge on any atom is -0.386 e. The third kappa shape index (κ3) is 2.60. The van der Waals surface area contributed by atoms with Gasteiger partial charge in [-0.3, -0.25) is 0 Å². The summed E-state index contributed by atoms with van der Waals surface area (Å²) in [5.74, 6) is 0. The van der Waals surface area contributed by atoms with Crippen molar-refractivity contribution in [1.82, 2.24) is 9.78 Å². The van der Waals surface area contributed by atoms with Crippen LogP contribution in [0, 0.1) is 0 Å². The fourth-order valence-corrected chi connectivity index (χ4v) is 2.52. The van der Waals surface area contributed by atoms with Gasteiger partial charge in [-0.05, 0) is 37.6 Å². The average Bonchev–Trinajstić information content (AvgIpc) is 2.96. The van der Waals surface area contributed by atoms with Gasteiger partial charge in [0, 0.05) is 5.56 Å². The number of rotatable bonds is 3. The molecule has 1 heterocycles. The van der Waals surface area contributed by atoms with E-state index in [0.717, 1.165) is 22.5 Å². The summed E-state index contributed by atoms with van der Waals surface area (Å²) >= 11 is 0. The molecule has 0 amide bonds. The molecule has 3 heteroatoms. The summed E-state index contributed by atoms with van der Waals surface area (Å²) in [6.07, 6.45) is 1.78. The first-order valence-electron chi connectivity index (χ1n) is 6.99. The molecular formula is C18H18N2O. The van der Waals surface area contributed by atoms with Gasteiger partial charge in [-0.1, -0.05) is 42.5 Å². The van der Waals surface area contributed by atoms with E-state index >= 15 is 0 Å². The van der Waals surface area contributed by atoms with Crippen LogP contribution >= 0.6 is 0 Å². The molecule has 0 aliphatic carbocycles. The van der Waals surface area contributed by atoms with Gasteiger partial charge in [0.25, 0.3) is 0 Å². The lowest BCUT2D eigenvalue weighted by molar-refractivity contribution is 0.0791. The van der Waals surface area contributed by atoms with Crippen molar-refractivity contribution < 1.29 is 5.11 Å². The molecule has 2 aromatic carbocycles. The number of nitrogens with zero attached hydrogens (tertiary/aromatic N) is 2. The molecule has 3 nitrogen and oxygen atoms in total. The highest BCUT2D eigenvalue weighted by atomic mass is 16.3. The lowest BCUT2D eigenvalue weighted by Crippen LogP contribution is -2.17. The number of aliphatic hydroxyl groups is 1. The summed E-state index contributed by atoms with van der Waals surface area (Å²) in [6.45, 7) is 3.60. The van der Waals surface area contributed by atoms with E-state index in [1.807, 2.05) is 65.3 Å². The molecule has 0 saturated heterocycles. The molecule has 0 spiro atoms. The highest BCUT2D eigenvalue weighted by molar-refractivity contribution is 5.67. The van der Waals surface area contributed by atoms with Crippen LogP contribution in [0.3, 0.4) is 0 Å². The summed E-state index contributed by atoms with van der Waals surface area (Å²) in [4.78, 5) is 0. The molecular weight excluding hydrogens is 260 g/mol. The van der Waals surface area contributed by atoms with E-state index in [4.69, 9.17) is 0 Å². The second-order valence-electron chi connectivity index (χ2n) is 5.57. The van der Waals surface area contributed by atoms with Gasteiger partial charge in [-0.25, -0.2) is 4.68 Å². The molecule has 106 valence electrons. The number of hydrogen-bond donors (Lipinski definition) is 1. The zero-order valence-corrected chi connectivity index (χ0v) is 12.2. The maximum atomic E-state index is 10.4. The molecule has 1 N–H and O–H groups in total. The molecule has 0 fully saturated rings. The largest absolute Gasteiger partial charge is 0.386 e. The van der Waals surface area contributed by atoms with Crippen LogP contribution in [0.15, 0.2) is 66.9 Å². The smallest absolute Gasteiger partial charge is 0.0847 e. The molecule has 21 heavy (non-hydrogen) atoms. The van der Waals surface area contributed by atoms with Gasteiger partial charge in [-0.15, -0.1) is 0 Å².